The predicted molar refractivity (Wildman–Crippen MR) is 92.9 cm³/mol. The van der Waals surface area contributed by atoms with Crippen LogP contribution in [0, 0.1) is 0 Å². The average Bonchev–Trinajstić information content (AvgIpc) is 3.04. The maximum atomic E-state index is 6.42. The summed E-state index contributed by atoms with van der Waals surface area (Å²) in [6.45, 7) is 3.15. The van der Waals surface area contributed by atoms with Gasteiger partial charge in [0.1, 0.15) is 0 Å². The lowest BCUT2D eigenvalue weighted by Crippen LogP contribution is -2.22. The molecule has 112 valence electrons. The first-order chi connectivity index (χ1) is 10.2. The number of hydrogen-bond donors (Lipinski definition) is 1. The van der Waals surface area contributed by atoms with Crippen LogP contribution < -0.4 is 5.32 Å². The van der Waals surface area contributed by atoms with Gasteiger partial charge in [-0.15, -0.1) is 11.3 Å². The zero-order chi connectivity index (χ0) is 14.8. The van der Waals surface area contributed by atoms with E-state index in [1.165, 1.54) is 29.7 Å². The van der Waals surface area contributed by atoms with E-state index < -0.39 is 0 Å². The molecule has 1 aliphatic carbocycles. The van der Waals surface area contributed by atoms with E-state index in [9.17, 15) is 0 Å². The molecule has 1 aromatic carbocycles. The third-order valence-electron chi connectivity index (χ3n) is 3.92. The minimum atomic E-state index is 0.145. The molecule has 0 saturated heterocycles. The molecule has 2 aromatic rings. The van der Waals surface area contributed by atoms with Gasteiger partial charge in [-0.25, -0.2) is 0 Å². The van der Waals surface area contributed by atoms with Crippen molar-refractivity contribution in [3.05, 3.63) is 55.2 Å². The Morgan fingerprint density at radius 1 is 1.24 bits per heavy atom. The number of thiophene rings is 1. The molecule has 0 amide bonds. The average molecular weight is 340 g/mol. The Balaban J connectivity index is 1.98. The standard InChI is InChI=1S/C17H19Cl2NS/c1-2-8-20-17(13-10-12(18)6-7-14(13)19)16-9-11-4-3-5-15(11)21-16/h6-7,9-10,17,20H,2-5,8H2,1H3. The summed E-state index contributed by atoms with van der Waals surface area (Å²) in [7, 11) is 0. The van der Waals surface area contributed by atoms with Gasteiger partial charge in [0.05, 0.1) is 6.04 Å². The van der Waals surface area contributed by atoms with Crippen molar-refractivity contribution < 1.29 is 0 Å². The molecular formula is C17H19Cl2NS. The molecule has 1 heterocycles. The molecule has 0 saturated carbocycles. The number of aryl methyl sites for hydroxylation is 2. The molecule has 4 heteroatoms. The molecule has 1 unspecified atom stereocenters. The van der Waals surface area contributed by atoms with E-state index in [4.69, 9.17) is 23.2 Å². The summed E-state index contributed by atoms with van der Waals surface area (Å²) in [6.07, 6.45) is 4.84. The Morgan fingerprint density at radius 3 is 2.86 bits per heavy atom. The minimum Gasteiger partial charge on any atom is -0.306 e. The molecular weight excluding hydrogens is 321 g/mol. The molecule has 21 heavy (non-hydrogen) atoms. The van der Waals surface area contributed by atoms with Gasteiger partial charge in [0.15, 0.2) is 0 Å². The molecule has 1 atom stereocenters. The second kappa shape index (κ2) is 6.70. The number of halogens is 2. The minimum absolute atomic E-state index is 0.145. The van der Waals surface area contributed by atoms with E-state index in [0.29, 0.717) is 0 Å². The van der Waals surface area contributed by atoms with Gasteiger partial charge in [0.25, 0.3) is 0 Å². The lowest BCUT2D eigenvalue weighted by Gasteiger charge is -2.19. The number of rotatable bonds is 5. The summed E-state index contributed by atoms with van der Waals surface area (Å²) in [6, 6.07) is 8.23. The Labute approximate surface area is 140 Å². The molecule has 0 spiro atoms. The van der Waals surface area contributed by atoms with E-state index in [2.05, 4.69) is 18.3 Å². The maximum Gasteiger partial charge on any atom is 0.0686 e. The van der Waals surface area contributed by atoms with Crippen molar-refractivity contribution in [2.45, 2.75) is 38.6 Å². The third-order valence-corrected chi connectivity index (χ3v) is 5.80. The molecule has 0 fully saturated rings. The molecule has 0 radical (unpaired) electrons. The van der Waals surface area contributed by atoms with Gasteiger partial charge in [-0.3, -0.25) is 0 Å². The summed E-state index contributed by atoms with van der Waals surface area (Å²) < 4.78 is 0. The molecule has 3 rings (SSSR count). The summed E-state index contributed by atoms with van der Waals surface area (Å²) >= 11 is 14.5. The van der Waals surface area contributed by atoms with E-state index in [-0.39, 0.29) is 6.04 Å². The largest absolute Gasteiger partial charge is 0.306 e. The molecule has 1 aliphatic rings. The zero-order valence-corrected chi connectivity index (χ0v) is 14.4. The number of benzene rings is 1. The highest BCUT2D eigenvalue weighted by atomic mass is 35.5. The summed E-state index contributed by atoms with van der Waals surface area (Å²) in [4.78, 5) is 2.91. The topological polar surface area (TPSA) is 12.0 Å². The Kier molecular flexibility index (Phi) is 4.90. The number of hydrogen-bond acceptors (Lipinski definition) is 2. The third kappa shape index (κ3) is 3.29. The van der Waals surface area contributed by atoms with Crippen LogP contribution in [0.25, 0.3) is 0 Å². The van der Waals surface area contributed by atoms with Crippen LogP contribution in [-0.2, 0) is 12.8 Å². The van der Waals surface area contributed by atoms with Gasteiger partial charge in [-0.05, 0) is 67.6 Å². The maximum absolute atomic E-state index is 6.42. The summed E-state index contributed by atoms with van der Waals surface area (Å²) in [5.41, 5.74) is 2.61. The summed E-state index contributed by atoms with van der Waals surface area (Å²) in [5.74, 6) is 0. The molecule has 0 bridgehead atoms. The fraction of sp³-hybridized carbons (Fsp3) is 0.412. The quantitative estimate of drug-likeness (QED) is 0.743. The fourth-order valence-corrected chi connectivity index (χ4v) is 4.64. The molecule has 1 aromatic heterocycles. The Bertz CT molecular complexity index is 614. The highest BCUT2D eigenvalue weighted by molar-refractivity contribution is 7.12. The van der Waals surface area contributed by atoms with E-state index in [0.717, 1.165) is 28.6 Å². The first-order valence-electron chi connectivity index (χ1n) is 7.49. The van der Waals surface area contributed by atoms with Crippen LogP contribution in [0.4, 0.5) is 0 Å². The van der Waals surface area contributed by atoms with Crippen molar-refractivity contribution >= 4 is 34.5 Å². The lowest BCUT2D eigenvalue weighted by atomic mass is 10.0. The monoisotopic (exact) mass is 339 g/mol. The van der Waals surface area contributed by atoms with Gasteiger partial charge >= 0.3 is 0 Å². The highest BCUT2D eigenvalue weighted by Gasteiger charge is 2.22. The van der Waals surface area contributed by atoms with Gasteiger partial charge in [0.2, 0.25) is 0 Å². The fourth-order valence-electron chi connectivity index (χ4n) is 2.88. The van der Waals surface area contributed by atoms with Crippen molar-refractivity contribution in [3.63, 3.8) is 0 Å². The van der Waals surface area contributed by atoms with E-state index >= 15 is 0 Å². The lowest BCUT2D eigenvalue weighted by molar-refractivity contribution is 0.605. The van der Waals surface area contributed by atoms with Crippen LogP contribution >= 0.6 is 34.5 Å². The number of nitrogens with one attached hydrogen (secondary N) is 1. The van der Waals surface area contributed by atoms with Crippen LogP contribution in [0.5, 0.6) is 0 Å². The molecule has 1 nitrogen and oxygen atoms in total. The van der Waals surface area contributed by atoms with Gasteiger partial charge in [-0.2, -0.15) is 0 Å². The van der Waals surface area contributed by atoms with Crippen LogP contribution in [-0.4, -0.2) is 6.54 Å². The van der Waals surface area contributed by atoms with Gasteiger partial charge in [-0.1, -0.05) is 30.1 Å². The predicted octanol–water partition coefficient (Wildman–Crippen LogP) is 5.63. The Morgan fingerprint density at radius 2 is 2.10 bits per heavy atom. The van der Waals surface area contributed by atoms with Crippen LogP contribution in [0.2, 0.25) is 10.0 Å². The highest BCUT2D eigenvalue weighted by Crippen LogP contribution is 2.38. The van der Waals surface area contributed by atoms with Crippen LogP contribution in [0.15, 0.2) is 24.3 Å². The molecule has 0 aliphatic heterocycles. The first-order valence-corrected chi connectivity index (χ1v) is 9.06. The van der Waals surface area contributed by atoms with Crippen molar-refractivity contribution in [2.75, 3.05) is 6.54 Å². The van der Waals surface area contributed by atoms with Crippen molar-refractivity contribution in [1.82, 2.24) is 5.32 Å². The SMILES string of the molecule is CCCNC(c1cc2c(s1)CCC2)c1cc(Cl)ccc1Cl. The van der Waals surface area contributed by atoms with Crippen molar-refractivity contribution in [3.8, 4) is 0 Å². The second-order valence-electron chi connectivity index (χ2n) is 5.50. The van der Waals surface area contributed by atoms with Crippen molar-refractivity contribution in [2.24, 2.45) is 0 Å². The zero-order valence-electron chi connectivity index (χ0n) is 12.1. The van der Waals surface area contributed by atoms with E-state index in [1.54, 1.807) is 4.88 Å². The van der Waals surface area contributed by atoms with Crippen molar-refractivity contribution in [1.29, 1.82) is 0 Å². The second-order valence-corrected chi connectivity index (χ2v) is 7.52. The normalized spacial score (nSPS) is 15.2. The van der Waals surface area contributed by atoms with Crippen LogP contribution in [0.3, 0.4) is 0 Å². The number of fused-ring (bicyclic) bond motifs is 1. The van der Waals surface area contributed by atoms with E-state index in [1.807, 2.05) is 29.5 Å². The van der Waals surface area contributed by atoms with Gasteiger partial charge in [0, 0.05) is 19.8 Å². The first kappa shape index (κ1) is 15.4. The summed E-state index contributed by atoms with van der Waals surface area (Å²) in [5, 5.41) is 5.14. The molecule has 1 N–H and O–H groups in total. The smallest absolute Gasteiger partial charge is 0.0686 e. The van der Waals surface area contributed by atoms with Crippen LogP contribution in [0.1, 0.15) is 46.7 Å². The van der Waals surface area contributed by atoms with Gasteiger partial charge < -0.3 is 5.32 Å². The Hall–Kier alpha value is -0.540.